The molecule has 0 radical (unpaired) electrons. The molecule has 0 heterocycles. The molecule has 0 aliphatic carbocycles. The van der Waals surface area contributed by atoms with Crippen LogP contribution in [-0.4, -0.2) is 17.7 Å². The van der Waals surface area contributed by atoms with Gasteiger partial charge >= 0.3 is 0 Å². The van der Waals surface area contributed by atoms with E-state index in [2.05, 4.69) is 16.0 Å². The molecule has 0 atom stereocenters. The molecule has 3 rings (SSSR count). The SMILES string of the molecule is CC(=O)Nc1ccc(NC(=O)c2cccc(C(=O)Nc3ccccc3F)c2)cc1. The van der Waals surface area contributed by atoms with E-state index in [1.807, 2.05) is 0 Å². The van der Waals surface area contributed by atoms with Gasteiger partial charge in [0.2, 0.25) is 5.91 Å². The monoisotopic (exact) mass is 391 g/mol. The number of carbonyl (C=O) groups is 3. The third-order valence-electron chi connectivity index (χ3n) is 3.97. The van der Waals surface area contributed by atoms with Gasteiger partial charge in [0.25, 0.3) is 11.8 Å². The number of amides is 3. The Morgan fingerprint density at radius 1 is 0.690 bits per heavy atom. The van der Waals surface area contributed by atoms with Crippen molar-refractivity contribution in [3.63, 3.8) is 0 Å². The molecule has 6 nitrogen and oxygen atoms in total. The van der Waals surface area contributed by atoms with Crippen molar-refractivity contribution in [1.82, 2.24) is 0 Å². The molecule has 0 aliphatic rings. The average molecular weight is 391 g/mol. The Balaban J connectivity index is 1.70. The van der Waals surface area contributed by atoms with E-state index < -0.39 is 17.6 Å². The Bertz CT molecular complexity index is 1060. The summed E-state index contributed by atoms with van der Waals surface area (Å²) in [6.07, 6.45) is 0. The molecule has 3 aromatic carbocycles. The second-order valence-electron chi connectivity index (χ2n) is 6.23. The lowest BCUT2D eigenvalue weighted by molar-refractivity contribution is -0.114. The minimum absolute atomic E-state index is 0.0617. The van der Waals surface area contributed by atoms with Crippen LogP contribution < -0.4 is 16.0 Å². The third kappa shape index (κ3) is 5.26. The second-order valence-corrected chi connectivity index (χ2v) is 6.23. The number of anilines is 3. The van der Waals surface area contributed by atoms with Gasteiger partial charge < -0.3 is 16.0 Å². The number of hydrogen-bond donors (Lipinski definition) is 3. The highest BCUT2D eigenvalue weighted by Crippen LogP contribution is 2.17. The van der Waals surface area contributed by atoms with Crippen molar-refractivity contribution in [2.45, 2.75) is 6.92 Å². The summed E-state index contributed by atoms with van der Waals surface area (Å²) in [6, 6.07) is 18.6. The predicted molar refractivity (Wildman–Crippen MR) is 109 cm³/mol. The van der Waals surface area contributed by atoms with Crippen LogP contribution >= 0.6 is 0 Å². The van der Waals surface area contributed by atoms with E-state index in [0.29, 0.717) is 11.4 Å². The molecule has 0 aliphatic heterocycles. The number of hydrogen-bond acceptors (Lipinski definition) is 3. The Kier molecular flexibility index (Phi) is 5.99. The van der Waals surface area contributed by atoms with Crippen molar-refractivity contribution in [3.05, 3.63) is 89.7 Å². The highest BCUT2D eigenvalue weighted by atomic mass is 19.1. The molecule has 3 amide bonds. The molecule has 0 saturated heterocycles. The highest BCUT2D eigenvalue weighted by molar-refractivity contribution is 6.08. The van der Waals surface area contributed by atoms with Crippen LogP contribution in [0.25, 0.3) is 0 Å². The lowest BCUT2D eigenvalue weighted by Crippen LogP contribution is -2.16. The minimum Gasteiger partial charge on any atom is -0.326 e. The molecule has 0 aromatic heterocycles. The smallest absolute Gasteiger partial charge is 0.255 e. The minimum atomic E-state index is -0.544. The van der Waals surface area contributed by atoms with Crippen molar-refractivity contribution in [2.75, 3.05) is 16.0 Å². The fourth-order valence-corrected chi connectivity index (χ4v) is 2.60. The van der Waals surface area contributed by atoms with E-state index in [1.165, 1.54) is 37.3 Å². The van der Waals surface area contributed by atoms with Crippen LogP contribution in [0.1, 0.15) is 27.6 Å². The summed E-state index contributed by atoms with van der Waals surface area (Å²) >= 11 is 0. The number of rotatable bonds is 5. The molecule has 0 fully saturated rings. The van der Waals surface area contributed by atoms with Crippen LogP contribution in [0.3, 0.4) is 0 Å². The Morgan fingerprint density at radius 2 is 1.24 bits per heavy atom. The van der Waals surface area contributed by atoms with Crippen LogP contribution in [0, 0.1) is 5.82 Å². The normalized spacial score (nSPS) is 10.1. The zero-order valence-corrected chi connectivity index (χ0v) is 15.5. The zero-order chi connectivity index (χ0) is 20.8. The number of para-hydroxylation sites is 1. The molecule has 146 valence electrons. The average Bonchev–Trinajstić information content (AvgIpc) is 2.71. The first-order valence-electron chi connectivity index (χ1n) is 8.77. The molecular weight excluding hydrogens is 373 g/mol. The summed E-state index contributed by atoms with van der Waals surface area (Å²) in [5.74, 6) is -1.66. The topological polar surface area (TPSA) is 87.3 Å². The highest BCUT2D eigenvalue weighted by Gasteiger charge is 2.12. The van der Waals surface area contributed by atoms with Crippen LogP contribution in [0.15, 0.2) is 72.8 Å². The van der Waals surface area contributed by atoms with Gasteiger partial charge in [-0.3, -0.25) is 14.4 Å². The van der Waals surface area contributed by atoms with E-state index in [0.717, 1.165) is 0 Å². The molecule has 7 heteroatoms. The van der Waals surface area contributed by atoms with Crippen LogP contribution in [-0.2, 0) is 4.79 Å². The third-order valence-corrected chi connectivity index (χ3v) is 3.97. The van der Waals surface area contributed by atoms with E-state index in [-0.39, 0.29) is 22.7 Å². The van der Waals surface area contributed by atoms with Gasteiger partial charge in [-0.15, -0.1) is 0 Å². The molecule has 29 heavy (non-hydrogen) atoms. The fourth-order valence-electron chi connectivity index (χ4n) is 2.60. The van der Waals surface area contributed by atoms with E-state index in [4.69, 9.17) is 0 Å². The van der Waals surface area contributed by atoms with Crippen molar-refractivity contribution < 1.29 is 18.8 Å². The van der Waals surface area contributed by atoms with Gasteiger partial charge in [-0.1, -0.05) is 18.2 Å². The molecule has 0 bridgehead atoms. The maximum absolute atomic E-state index is 13.7. The maximum Gasteiger partial charge on any atom is 0.255 e. The predicted octanol–water partition coefficient (Wildman–Crippen LogP) is 4.29. The summed E-state index contributed by atoms with van der Waals surface area (Å²) in [6.45, 7) is 1.41. The lowest BCUT2D eigenvalue weighted by atomic mass is 10.1. The number of halogens is 1. The van der Waals surface area contributed by atoms with Crippen molar-refractivity contribution in [3.8, 4) is 0 Å². The van der Waals surface area contributed by atoms with Gasteiger partial charge in [0.15, 0.2) is 0 Å². The van der Waals surface area contributed by atoms with E-state index in [9.17, 15) is 18.8 Å². The van der Waals surface area contributed by atoms with Gasteiger partial charge in [0.1, 0.15) is 5.82 Å². The van der Waals surface area contributed by atoms with Gasteiger partial charge in [0.05, 0.1) is 5.69 Å². The first-order chi connectivity index (χ1) is 13.9. The van der Waals surface area contributed by atoms with Gasteiger partial charge in [0, 0.05) is 29.4 Å². The lowest BCUT2D eigenvalue weighted by Gasteiger charge is -2.09. The standard InChI is InChI=1S/C22H18FN3O3/c1-14(27)24-17-9-11-18(12-10-17)25-21(28)15-5-4-6-16(13-15)22(29)26-20-8-3-2-7-19(20)23/h2-13H,1H3,(H,24,27)(H,25,28)(H,26,29). The number of benzene rings is 3. The summed E-state index contributed by atoms with van der Waals surface area (Å²) in [4.78, 5) is 35.9. The summed E-state index contributed by atoms with van der Waals surface area (Å²) in [7, 11) is 0. The van der Waals surface area contributed by atoms with E-state index in [1.54, 1.807) is 42.5 Å². The number of carbonyl (C=O) groups excluding carboxylic acids is 3. The van der Waals surface area contributed by atoms with Crippen molar-refractivity contribution >= 4 is 34.8 Å². The van der Waals surface area contributed by atoms with Gasteiger partial charge in [-0.05, 0) is 54.6 Å². The zero-order valence-electron chi connectivity index (χ0n) is 15.5. The second kappa shape index (κ2) is 8.79. The van der Waals surface area contributed by atoms with Crippen LogP contribution in [0.2, 0.25) is 0 Å². The summed E-state index contributed by atoms with van der Waals surface area (Å²) in [5, 5.41) is 7.84. The molecule has 0 spiro atoms. The molecule has 0 unspecified atom stereocenters. The summed E-state index contributed by atoms with van der Waals surface area (Å²) < 4.78 is 13.7. The maximum atomic E-state index is 13.7. The number of nitrogens with one attached hydrogen (secondary N) is 3. The van der Waals surface area contributed by atoms with Crippen molar-refractivity contribution in [1.29, 1.82) is 0 Å². The Labute approximate surface area is 166 Å². The van der Waals surface area contributed by atoms with E-state index >= 15 is 0 Å². The first kappa shape index (κ1) is 19.8. The fraction of sp³-hybridized carbons (Fsp3) is 0.0455. The molecule has 3 aromatic rings. The molecule has 0 saturated carbocycles. The summed E-state index contributed by atoms with van der Waals surface area (Å²) in [5.41, 5.74) is 1.71. The first-order valence-corrected chi connectivity index (χ1v) is 8.77. The Hall–Kier alpha value is -4.00. The molecule has 3 N–H and O–H groups in total. The van der Waals surface area contributed by atoms with Gasteiger partial charge in [-0.2, -0.15) is 0 Å². The van der Waals surface area contributed by atoms with Gasteiger partial charge in [-0.25, -0.2) is 4.39 Å². The quantitative estimate of drug-likeness (QED) is 0.606. The van der Waals surface area contributed by atoms with Crippen LogP contribution in [0.4, 0.5) is 21.5 Å². The van der Waals surface area contributed by atoms with Crippen molar-refractivity contribution in [2.24, 2.45) is 0 Å². The Morgan fingerprint density at radius 3 is 1.83 bits per heavy atom. The largest absolute Gasteiger partial charge is 0.326 e. The molecular formula is C22H18FN3O3. The van der Waals surface area contributed by atoms with Crippen LogP contribution in [0.5, 0.6) is 0 Å².